The zero-order chi connectivity index (χ0) is 13.1. The summed E-state index contributed by atoms with van der Waals surface area (Å²) in [4.78, 5) is 31.7. The molecule has 0 aliphatic rings. The van der Waals surface area contributed by atoms with Gasteiger partial charge in [-0.2, -0.15) is 0 Å². The van der Waals surface area contributed by atoms with Gasteiger partial charge in [-0.1, -0.05) is 40.0 Å². The van der Waals surface area contributed by atoms with E-state index in [0.717, 1.165) is 32.1 Å². The molecule has 0 aromatic rings. The third-order valence-corrected chi connectivity index (χ3v) is 2.68. The van der Waals surface area contributed by atoms with E-state index in [4.69, 9.17) is 0 Å². The summed E-state index contributed by atoms with van der Waals surface area (Å²) >= 11 is 0. The Morgan fingerprint density at radius 2 is 1.65 bits per heavy atom. The summed E-state index contributed by atoms with van der Waals surface area (Å²) in [5.74, 6) is -1.05. The highest BCUT2D eigenvalue weighted by molar-refractivity contribution is 5.74. The molecule has 0 aliphatic heterocycles. The number of hydrogen-bond donors (Lipinski definition) is 0. The van der Waals surface area contributed by atoms with E-state index in [9.17, 15) is 9.59 Å². The minimum Gasteiger partial charge on any atom is -0.247 e. The van der Waals surface area contributed by atoms with Crippen LogP contribution in [0.5, 0.6) is 0 Å². The lowest BCUT2D eigenvalue weighted by Crippen LogP contribution is -2.19. The van der Waals surface area contributed by atoms with Crippen molar-refractivity contribution in [2.75, 3.05) is 0 Å². The van der Waals surface area contributed by atoms with E-state index in [0.29, 0.717) is 12.8 Å². The van der Waals surface area contributed by atoms with Crippen molar-refractivity contribution in [1.82, 2.24) is 0 Å². The lowest BCUT2D eigenvalue weighted by Gasteiger charge is -2.11. The quantitative estimate of drug-likeness (QED) is 0.485. The van der Waals surface area contributed by atoms with Crippen molar-refractivity contribution in [2.45, 2.75) is 65.7 Å². The normalized spacial score (nSPS) is 11.9. The highest BCUT2D eigenvalue weighted by Gasteiger charge is 2.20. The number of unbranched alkanes of at least 4 members (excludes halogenated alkanes) is 2. The van der Waals surface area contributed by atoms with Crippen LogP contribution in [-0.2, 0) is 19.4 Å². The first kappa shape index (κ1) is 15.9. The van der Waals surface area contributed by atoms with E-state index < -0.39 is 11.9 Å². The van der Waals surface area contributed by atoms with E-state index >= 15 is 0 Å². The van der Waals surface area contributed by atoms with Gasteiger partial charge in [-0.05, 0) is 19.3 Å². The van der Waals surface area contributed by atoms with Gasteiger partial charge >= 0.3 is 11.9 Å². The van der Waals surface area contributed by atoms with E-state index in [1.807, 2.05) is 13.8 Å². The molecule has 0 rings (SSSR count). The second kappa shape index (κ2) is 10.1. The molecule has 4 heteroatoms. The van der Waals surface area contributed by atoms with Crippen molar-refractivity contribution >= 4 is 11.9 Å². The number of hydrogen-bond acceptors (Lipinski definition) is 4. The molecule has 0 aliphatic carbocycles. The first-order valence-electron chi connectivity index (χ1n) is 6.56. The Kier molecular flexibility index (Phi) is 9.49. The zero-order valence-electron chi connectivity index (χ0n) is 11.2. The second-order valence-corrected chi connectivity index (χ2v) is 4.21. The molecule has 17 heavy (non-hydrogen) atoms. The summed E-state index contributed by atoms with van der Waals surface area (Å²) in [7, 11) is 0. The molecule has 0 spiro atoms. The summed E-state index contributed by atoms with van der Waals surface area (Å²) < 4.78 is 0. The van der Waals surface area contributed by atoms with Crippen LogP contribution >= 0.6 is 0 Å². The summed E-state index contributed by atoms with van der Waals surface area (Å²) in [5.41, 5.74) is 0. The third kappa shape index (κ3) is 7.77. The first-order chi connectivity index (χ1) is 8.15. The fourth-order valence-electron chi connectivity index (χ4n) is 1.46. The van der Waals surface area contributed by atoms with Gasteiger partial charge in [-0.3, -0.25) is 0 Å². The molecule has 0 amide bonds. The number of rotatable bonds is 8. The average Bonchev–Trinajstić information content (AvgIpc) is 2.34. The Morgan fingerprint density at radius 3 is 2.18 bits per heavy atom. The van der Waals surface area contributed by atoms with Crippen LogP contribution < -0.4 is 0 Å². The fraction of sp³-hybridized carbons (Fsp3) is 0.846. The molecular formula is C13H24O4. The molecular weight excluding hydrogens is 220 g/mol. The molecule has 1 atom stereocenters. The first-order valence-corrected chi connectivity index (χ1v) is 6.56. The number of carbonyl (C=O) groups excluding carboxylic acids is 2. The van der Waals surface area contributed by atoms with Crippen LogP contribution in [-0.4, -0.2) is 11.9 Å². The predicted octanol–water partition coefficient (Wildman–Crippen LogP) is 3.39. The molecule has 0 aromatic carbocycles. The highest BCUT2D eigenvalue weighted by Crippen LogP contribution is 2.14. The molecule has 0 saturated heterocycles. The van der Waals surface area contributed by atoms with Crippen LogP contribution in [0.1, 0.15) is 65.7 Å². The zero-order valence-corrected chi connectivity index (χ0v) is 11.2. The minimum absolute atomic E-state index is 0.158. The van der Waals surface area contributed by atoms with E-state index in [1.54, 1.807) is 0 Å². The summed E-state index contributed by atoms with van der Waals surface area (Å²) in [6.07, 6.45) is 5.50. The van der Waals surface area contributed by atoms with Crippen molar-refractivity contribution in [2.24, 2.45) is 5.92 Å². The Bertz CT molecular complexity index is 225. The van der Waals surface area contributed by atoms with Crippen molar-refractivity contribution in [3.63, 3.8) is 0 Å². The SMILES string of the molecule is CCCCC(=O)OOC(=O)C(CC)CCCC. The maximum atomic E-state index is 11.6. The van der Waals surface area contributed by atoms with Crippen LogP contribution in [0.2, 0.25) is 0 Å². The molecule has 1 unspecified atom stereocenters. The molecule has 0 N–H and O–H groups in total. The minimum atomic E-state index is -0.467. The van der Waals surface area contributed by atoms with Gasteiger partial charge in [0, 0.05) is 0 Å². The van der Waals surface area contributed by atoms with E-state index in [1.165, 1.54) is 0 Å². The lowest BCUT2D eigenvalue weighted by atomic mass is 10.00. The summed E-state index contributed by atoms with van der Waals surface area (Å²) in [5, 5.41) is 0. The topological polar surface area (TPSA) is 52.6 Å². The van der Waals surface area contributed by atoms with Crippen molar-refractivity contribution in [1.29, 1.82) is 0 Å². The largest absolute Gasteiger partial charge is 0.358 e. The van der Waals surface area contributed by atoms with Crippen LogP contribution in [0.25, 0.3) is 0 Å². The highest BCUT2D eigenvalue weighted by atomic mass is 17.2. The molecule has 0 radical (unpaired) electrons. The van der Waals surface area contributed by atoms with Crippen molar-refractivity contribution in [3.05, 3.63) is 0 Å². The Hall–Kier alpha value is -1.06. The average molecular weight is 244 g/mol. The summed E-state index contributed by atoms with van der Waals surface area (Å²) in [6.45, 7) is 5.99. The number of carbonyl (C=O) groups is 2. The van der Waals surface area contributed by atoms with Gasteiger partial charge in [-0.25, -0.2) is 19.4 Å². The monoisotopic (exact) mass is 244 g/mol. The van der Waals surface area contributed by atoms with Crippen LogP contribution in [0.4, 0.5) is 0 Å². The van der Waals surface area contributed by atoms with E-state index in [2.05, 4.69) is 16.7 Å². The Labute approximate surface area is 104 Å². The van der Waals surface area contributed by atoms with Gasteiger partial charge in [0.05, 0.1) is 12.3 Å². The maximum absolute atomic E-state index is 11.6. The standard InChI is InChI=1S/C13H24O4/c1-4-7-9-11(6-3)13(15)17-16-12(14)10-8-5-2/h11H,4-10H2,1-3H3. The smallest absolute Gasteiger partial charge is 0.247 e. The Balaban J connectivity index is 3.85. The van der Waals surface area contributed by atoms with Crippen molar-refractivity contribution in [3.8, 4) is 0 Å². The third-order valence-electron chi connectivity index (χ3n) is 2.68. The van der Waals surface area contributed by atoms with Crippen LogP contribution in [0.15, 0.2) is 0 Å². The van der Waals surface area contributed by atoms with Crippen LogP contribution in [0, 0.1) is 5.92 Å². The molecule has 0 bridgehead atoms. The van der Waals surface area contributed by atoms with Gasteiger partial charge in [0.1, 0.15) is 0 Å². The summed E-state index contributed by atoms with van der Waals surface area (Å²) in [6, 6.07) is 0. The van der Waals surface area contributed by atoms with Crippen LogP contribution in [0.3, 0.4) is 0 Å². The molecule has 0 saturated carbocycles. The van der Waals surface area contributed by atoms with Gasteiger partial charge in [-0.15, -0.1) is 0 Å². The Morgan fingerprint density at radius 1 is 1.00 bits per heavy atom. The van der Waals surface area contributed by atoms with Gasteiger partial charge in [0.2, 0.25) is 0 Å². The van der Waals surface area contributed by atoms with Gasteiger partial charge in [0.25, 0.3) is 0 Å². The maximum Gasteiger partial charge on any atom is 0.358 e. The van der Waals surface area contributed by atoms with Crippen molar-refractivity contribution < 1.29 is 19.4 Å². The van der Waals surface area contributed by atoms with Gasteiger partial charge in [0.15, 0.2) is 0 Å². The van der Waals surface area contributed by atoms with Gasteiger partial charge < -0.3 is 0 Å². The molecule has 0 heterocycles. The second-order valence-electron chi connectivity index (χ2n) is 4.21. The van der Waals surface area contributed by atoms with E-state index in [-0.39, 0.29) is 5.92 Å². The molecule has 4 nitrogen and oxygen atoms in total. The fourth-order valence-corrected chi connectivity index (χ4v) is 1.46. The lowest BCUT2D eigenvalue weighted by molar-refractivity contribution is -0.262. The molecule has 0 aromatic heterocycles. The molecule has 0 fully saturated rings. The molecule has 100 valence electrons. The predicted molar refractivity (Wildman–Crippen MR) is 65.0 cm³/mol.